The molecule has 2 heterocycles. The molecule has 3 aromatic rings. The zero-order valence-electron chi connectivity index (χ0n) is 59.2. The number of allylic oxidation sites excluding steroid dienone is 8. The third-order valence-electron chi connectivity index (χ3n) is 19.2. The molecule has 0 radical (unpaired) electrons. The van der Waals surface area contributed by atoms with Gasteiger partial charge < -0.3 is 36.0 Å². The number of carbonyl (C=O) groups excluding carboxylic acids is 5. The fourth-order valence-electron chi connectivity index (χ4n) is 13.7. The van der Waals surface area contributed by atoms with E-state index < -0.39 is 175 Å². The van der Waals surface area contributed by atoms with Gasteiger partial charge in [-0.05, 0) is 162 Å². The predicted molar refractivity (Wildman–Crippen MR) is 385 cm³/mol. The molecule has 0 aromatic heterocycles. The Kier molecular flexibility index (Phi) is 29.9. The van der Waals surface area contributed by atoms with Crippen molar-refractivity contribution in [1.82, 2.24) is 10.6 Å². The maximum absolute atomic E-state index is 14.1. The number of unbranched alkanes of at least 4 members (excludes halogenated alkanes) is 3. The number of aryl methyl sites for hydroxylation is 2. The molecule has 562 valence electrons. The van der Waals surface area contributed by atoms with Gasteiger partial charge in [-0.3, -0.25) is 56.8 Å². The summed E-state index contributed by atoms with van der Waals surface area (Å²) in [7, 11) is -13.1. The molecule has 1 aliphatic carbocycles. The average Bonchev–Trinajstić information content (AvgIpc) is 1.60. The number of fused-ring (bicyclic) bond motifs is 2. The van der Waals surface area contributed by atoms with E-state index in [1.165, 1.54) is 19.1 Å². The van der Waals surface area contributed by atoms with Crippen molar-refractivity contribution in [2.45, 2.75) is 211 Å². The van der Waals surface area contributed by atoms with Crippen LogP contribution < -0.4 is 15.5 Å². The molecule has 2 amide bonds. The molecule has 0 bridgehead atoms. The van der Waals surface area contributed by atoms with E-state index >= 15 is 0 Å². The number of hydrogen-bond donors (Lipinski definition) is 9. The zero-order chi connectivity index (χ0) is 76.4. The summed E-state index contributed by atoms with van der Waals surface area (Å²) in [5.74, 6) is -12.5. The van der Waals surface area contributed by atoms with Gasteiger partial charge in [-0.2, -0.15) is 29.8 Å². The molecule has 29 heteroatoms. The van der Waals surface area contributed by atoms with Gasteiger partial charge in [0.05, 0.1) is 33.9 Å². The monoisotopic (exact) mass is 1490 g/mol. The highest BCUT2D eigenvalue weighted by molar-refractivity contribution is 7.86. The second-order valence-corrected chi connectivity index (χ2v) is 32.4. The van der Waals surface area contributed by atoms with E-state index in [9.17, 15) is 102 Å². The number of nitrogens with zero attached hydrogens (tertiary/aromatic N) is 2. The first-order valence-electron chi connectivity index (χ1n) is 34.7. The van der Waals surface area contributed by atoms with Crippen LogP contribution >= 0.6 is 0 Å². The number of hydrogen-bond acceptors (Lipinski definition) is 16. The predicted octanol–water partition coefficient (Wildman–Crippen LogP) is 10.0. The van der Waals surface area contributed by atoms with Gasteiger partial charge in [0.25, 0.3) is 30.4 Å². The molecule has 3 aromatic carbocycles. The number of amides is 2. The lowest BCUT2D eigenvalue weighted by Crippen LogP contribution is -2.47. The highest BCUT2D eigenvalue weighted by Crippen LogP contribution is 2.49. The summed E-state index contributed by atoms with van der Waals surface area (Å²) in [5, 5.41) is 42.9. The number of benzene rings is 3. The Balaban J connectivity index is 1.31. The van der Waals surface area contributed by atoms with Gasteiger partial charge in [0.15, 0.2) is 17.3 Å². The Labute approximate surface area is 602 Å². The van der Waals surface area contributed by atoms with Crippen LogP contribution in [-0.4, -0.2) is 159 Å². The van der Waals surface area contributed by atoms with Gasteiger partial charge in [-0.15, -0.1) is 0 Å². The third-order valence-corrected chi connectivity index (χ3v) is 21.7. The maximum Gasteiger partial charge on any atom is 0.303 e. The molecule has 9 N–H and O–H groups in total. The smallest absolute Gasteiger partial charge is 0.303 e. The first kappa shape index (κ1) is 83.6. The SMILES string of the molecule is CCC(=O)[C@@H](CCC(=O)O)NC(=O)[C@@H](CCC(=O)O)CC(=O)[C@@H](CCC(=O)O)NC(=O)[C@@H](CCC(=O)O)CC(=O)CCCCc1cccc(C2=C(C=CC3=[N+](CCCCS(=O)(=O)O)c4ccc(S(=O)(=O)O)cc4C3(C)C)CCCC2=CC=C2N(CCCCS(=O)(=O)O)c3ccc(C)cc3C2(C)C)c1. The van der Waals surface area contributed by atoms with Crippen molar-refractivity contribution in [3.8, 4) is 0 Å². The lowest BCUT2D eigenvalue weighted by atomic mass is 9.79. The van der Waals surface area contributed by atoms with Gasteiger partial charge in [0.1, 0.15) is 12.3 Å². The topological polar surface area (TPSA) is 428 Å². The Bertz CT molecular complexity index is 4240. The number of carbonyl (C=O) groups is 9. The summed E-state index contributed by atoms with van der Waals surface area (Å²) in [4.78, 5) is 117. The maximum atomic E-state index is 14.1. The lowest BCUT2D eigenvalue weighted by Gasteiger charge is -2.28. The van der Waals surface area contributed by atoms with Crippen LogP contribution in [0.4, 0.5) is 11.4 Å². The van der Waals surface area contributed by atoms with Crippen LogP contribution in [-0.2, 0) is 90.8 Å². The van der Waals surface area contributed by atoms with Crippen molar-refractivity contribution in [3.05, 3.63) is 130 Å². The molecule has 0 unspecified atom stereocenters. The van der Waals surface area contributed by atoms with Gasteiger partial charge >= 0.3 is 23.9 Å². The molecule has 6 rings (SSSR count). The fraction of sp³-hybridized carbons (Fsp3) is 0.514. The number of aliphatic carboxylic acids is 4. The van der Waals surface area contributed by atoms with Gasteiger partial charge in [0, 0.05) is 111 Å². The second kappa shape index (κ2) is 36.9. The number of anilines is 1. The third kappa shape index (κ3) is 24.6. The Hall–Kier alpha value is -8.35. The highest BCUT2D eigenvalue weighted by Gasteiger charge is 2.46. The van der Waals surface area contributed by atoms with E-state index in [1.807, 2.05) is 61.8 Å². The van der Waals surface area contributed by atoms with Crippen molar-refractivity contribution in [2.75, 3.05) is 29.5 Å². The van der Waals surface area contributed by atoms with Crippen LogP contribution in [0.1, 0.15) is 197 Å². The van der Waals surface area contributed by atoms with E-state index in [0.717, 1.165) is 62.5 Å². The molecule has 0 spiro atoms. The number of carboxylic acid groups (broad SMARTS) is 4. The van der Waals surface area contributed by atoms with Crippen molar-refractivity contribution in [1.29, 1.82) is 0 Å². The number of ketones is 3. The summed E-state index contributed by atoms with van der Waals surface area (Å²) in [6.07, 6.45) is 7.38. The molecule has 4 atom stereocenters. The minimum Gasteiger partial charge on any atom is -0.481 e. The van der Waals surface area contributed by atoms with Crippen LogP contribution in [0.2, 0.25) is 0 Å². The molecule has 103 heavy (non-hydrogen) atoms. The minimum atomic E-state index is -4.61. The molecule has 26 nitrogen and oxygen atoms in total. The standard InChI is InChI=1S/C74H96N4O22S3/c1-7-62(80)58(28-36-68(86)87)75-72(91)53(26-35-67(84)85)45-63(81)59(29-37-69(88)89)76-71(90)52(25-34-66(82)83)44-54(79)21-9-8-16-48-17-14-20-51(43-48)70-49(23-32-64-73(3,4)56-42-47(2)22-30-60(56)77(64)38-10-12-40-101(92,93)94)18-15-19-50(70)24-33-65-74(5,6)57-46-55(103(98,99)100)27-31-61(57)78(65)39-11-13-41-102(95,96)97/h14,17,20,22-24,27,30-33,42-43,46,52-53,58-59H,7-13,15-16,18-19,21,25-26,28-29,34-41,44-45H2,1-6H3,(H8-,75,76,82,83,84,85,86,87,88,89,90,91,92,93,94,95,96,97,98,99,100)/p+1/t52-,53-,58+,59+/m0/s1. The first-order chi connectivity index (χ1) is 48.2. The molecular weight excluding hydrogens is 1390 g/mol. The summed E-state index contributed by atoms with van der Waals surface area (Å²) in [6.45, 7) is 12.4. The molecular formula is C74H97N4O22S3+. The van der Waals surface area contributed by atoms with E-state index in [1.54, 1.807) is 6.07 Å². The van der Waals surface area contributed by atoms with E-state index in [-0.39, 0.29) is 55.7 Å². The molecule has 0 saturated carbocycles. The molecule has 3 aliphatic rings. The summed E-state index contributed by atoms with van der Waals surface area (Å²) in [6, 6.07) is 15.6. The summed E-state index contributed by atoms with van der Waals surface area (Å²) < 4.78 is 103. The zero-order valence-corrected chi connectivity index (χ0v) is 61.6. The van der Waals surface area contributed by atoms with Gasteiger partial charge in [-0.1, -0.05) is 74.9 Å². The summed E-state index contributed by atoms with van der Waals surface area (Å²) in [5.41, 5.74) is 9.33. The van der Waals surface area contributed by atoms with Crippen LogP contribution in [0.3, 0.4) is 0 Å². The van der Waals surface area contributed by atoms with Crippen molar-refractivity contribution < 1.29 is 107 Å². The van der Waals surface area contributed by atoms with Crippen LogP contribution in [0.5, 0.6) is 0 Å². The van der Waals surface area contributed by atoms with Crippen LogP contribution in [0, 0.1) is 18.8 Å². The average molecular weight is 1490 g/mol. The largest absolute Gasteiger partial charge is 0.481 e. The quantitative estimate of drug-likeness (QED) is 0.0144. The fourth-order valence-corrected chi connectivity index (χ4v) is 15.4. The Morgan fingerprint density at radius 1 is 0.602 bits per heavy atom. The minimum absolute atomic E-state index is 0.0427. The number of nitrogens with one attached hydrogen (secondary N) is 2. The van der Waals surface area contributed by atoms with Crippen LogP contribution in [0.15, 0.2) is 107 Å². The second-order valence-electron chi connectivity index (χ2n) is 27.8. The first-order valence-corrected chi connectivity index (χ1v) is 39.4. The number of carboxylic acids is 4. The Morgan fingerprint density at radius 3 is 1.77 bits per heavy atom. The number of rotatable bonds is 43. The van der Waals surface area contributed by atoms with Crippen molar-refractivity contribution in [3.63, 3.8) is 0 Å². The molecule has 0 fully saturated rings. The molecule has 2 aliphatic heterocycles. The molecule has 0 saturated heterocycles. The summed E-state index contributed by atoms with van der Waals surface area (Å²) >= 11 is 0. The van der Waals surface area contributed by atoms with Crippen molar-refractivity contribution in [2.24, 2.45) is 11.8 Å². The normalized spacial score (nSPS) is 17.0. The highest BCUT2D eigenvalue weighted by atomic mass is 32.2. The number of Topliss-reactive ketones (excluding diaryl/α,β-unsaturated/α-hetero) is 3. The van der Waals surface area contributed by atoms with E-state index in [4.69, 9.17) is 0 Å². The van der Waals surface area contributed by atoms with E-state index in [2.05, 4.69) is 59.7 Å². The van der Waals surface area contributed by atoms with Gasteiger partial charge in [0.2, 0.25) is 17.5 Å². The Morgan fingerprint density at radius 2 is 1.18 bits per heavy atom. The van der Waals surface area contributed by atoms with Crippen LogP contribution in [0.25, 0.3) is 5.57 Å². The van der Waals surface area contributed by atoms with Crippen molar-refractivity contribution >= 4 is 106 Å². The lowest BCUT2D eigenvalue weighted by molar-refractivity contribution is -0.438. The van der Waals surface area contributed by atoms with Gasteiger partial charge in [-0.25, -0.2) is 0 Å². The van der Waals surface area contributed by atoms with E-state index in [0.29, 0.717) is 62.7 Å².